The molecule has 2 aromatic heterocycles. The van der Waals surface area contributed by atoms with E-state index in [9.17, 15) is 0 Å². The lowest BCUT2D eigenvalue weighted by Gasteiger charge is -2.13. The molecule has 0 bridgehead atoms. The first-order valence-corrected chi connectivity index (χ1v) is 7.14. The highest BCUT2D eigenvalue weighted by Gasteiger charge is 2.26. The number of aromatic nitrogens is 3. The Hall–Kier alpha value is -2.42. The van der Waals surface area contributed by atoms with Crippen molar-refractivity contribution in [3.63, 3.8) is 0 Å². The SMILES string of the molecule is Cc1nnc(C[C@@H]2CC[C@H](Nc3ccc(C#N)nc3)C2)o1. The van der Waals surface area contributed by atoms with Crippen molar-refractivity contribution in [1.82, 2.24) is 15.2 Å². The van der Waals surface area contributed by atoms with E-state index in [1.54, 1.807) is 12.3 Å². The summed E-state index contributed by atoms with van der Waals surface area (Å²) in [6.45, 7) is 1.81. The summed E-state index contributed by atoms with van der Waals surface area (Å²) < 4.78 is 5.44. The summed E-state index contributed by atoms with van der Waals surface area (Å²) in [5, 5.41) is 20.1. The van der Waals surface area contributed by atoms with Crippen LogP contribution in [0, 0.1) is 24.2 Å². The van der Waals surface area contributed by atoms with Crippen molar-refractivity contribution in [3.8, 4) is 6.07 Å². The van der Waals surface area contributed by atoms with E-state index in [1.807, 2.05) is 19.1 Å². The van der Waals surface area contributed by atoms with Crippen molar-refractivity contribution >= 4 is 5.69 Å². The zero-order valence-electron chi connectivity index (χ0n) is 11.9. The maximum Gasteiger partial charge on any atom is 0.216 e. The lowest BCUT2D eigenvalue weighted by Crippen LogP contribution is -2.16. The van der Waals surface area contributed by atoms with Crippen molar-refractivity contribution in [2.75, 3.05) is 5.32 Å². The minimum atomic E-state index is 0.439. The predicted molar refractivity (Wildman–Crippen MR) is 76.4 cm³/mol. The second-order valence-corrected chi connectivity index (χ2v) is 5.48. The average molecular weight is 283 g/mol. The quantitative estimate of drug-likeness (QED) is 0.927. The van der Waals surface area contributed by atoms with Crippen LogP contribution in [-0.4, -0.2) is 21.2 Å². The van der Waals surface area contributed by atoms with E-state index in [0.717, 1.165) is 37.3 Å². The molecule has 0 saturated heterocycles. The number of nitrogens with one attached hydrogen (secondary N) is 1. The molecule has 6 heteroatoms. The van der Waals surface area contributed by atoms with Gasteiger partial charge in [-0.15, -0.1) is 10.2 Å². The van der Waals surface area contributed by atoms with Crippen molar-refractivity contribution in [1.29, 1.82) is 5.26 Å². The van der Waals surface area contributed by atoms with E-state index in [4.69, 9.17) is 9.68 Å². The molecule has 0 amide bonds. The van der Waals surface area contributed by atoms with Crippen molar-refractivity contribution in [2.45, 2.75) is 38.6 Å². The number of aryl methyl sites for hydroxylation is 1. The molecule has 1 fully saturated rings. The number of nitriles is 1. The molecular weight excluding hydrogens is 266 g/mol. The number of nitrogens with zero attached hydrogens (tertiary/aromatic N) is 4. The Labute approximate surface area is 123 Å². The van der Waals surface area contributed by atoms with Gasteiger partial charge >= 0.3 is 0 Å². The molecule has 1 aliphatic carbocycles. The third-order valence-corrected chi connectivity index (χ3v) is 3.82. The second-order valence-electron chi connectivity index (χ2n) is 5.48. The van der Waals surface area contributed by atoms with E-state index >= 15 is 0 Å². The van der Waals surface area contributed by atoms with Crippen LogP contribution >= 0.6 is 0 Å². The number of anilines is 1. The molecule has 21 heavy (non-hydrogen) atoms. The first-order valence-electron chi connectivity index (χ1n) is 7.14. The number of pyridine rings is 1. The molecule has 1 N–H and O–H groups in total. The Bertz CT molecular complexity index is 643. The van der Waals surface area contributed by atoms with Gasteiger partial charge in [-0.05, 0) is 37.3 Å². The van der Waals surface area contributed by atoms with Crippen LogP contribution in [-0.2, 0) is 6.42 Å². The molecule has 0 unspecified atom stereocenters. The molecule has 3 rings (SSSR count). The van der Waals surface area contributed by atoms with Crippen LogP contribution in [0.1, 0.15) is 36.7 Å². The summed E-state index contributed by atoms with van der Waals surface area (Å²) in [6, 6.07) is 6.10. The van der Waals surface area contributed by atoms with Gasteiger partial charge < -0.3 is 9.73 Å². The van der Waals surface area contributed by atoms with E-state index < -0.39 is 0 Å². The lowest BCUT2D eigenvalue weighted by atomic mass is 10.0. The van der Waals surface area contributed by atoms with Gasteiger partial charge in [-0.1, -0.05) is 0 Å². The fraction of sp³-hybridized carbons (Fsp3) is 0.467. The van der Waals surface area contributed by atoms with E-state index in [2.05, 4.69) is 20.5 Å². The highest BCUT2D eigenvalue weighted by atomic mass is 16.4. The maximum absolute atomic E-state index is 8.74. The normalized spacial score (nSPS) is 21.1. The van der Waals surface area contributed by atoms with Gasteiger partial charge in [-0.2, -0.15) is 5.26 Å². The van der Waals surface area contributed by atoms with Crippen molar-refractivity contribution in [2.24, 2.45) is 5.92 Å². The minimum absolute atomic E-state index is 0.439. The molecule has 1 saturated carbocycles. The Kier molecular flexibility index (Phi) is 3.82. The number of hydrogen-bond acceptors (Lipinski definition) is 6. The smallest absolute Gasteiger partial charge is 0.216 e. The van der Waals surface area contributed by atoms with Gasteiger partial charge in [0, 0.05) is 19.4 Å². The van der Waals surface area contributed by atoms with E-state index in [1.165, 1.54) is 0 Å². The molecule has 0 aliphatic heterocycles. The van der Waals surface area contributed by atoms with Gasteiger partial charge in [0.05, 0.1) is 11.9 Å². The monoisotopic (exact) mass is 283 g/mol. The van der Waals surface area contributed by atoms with Crippen molar-refractivity contribution in [3.05, 3.63) is 35.8 Å². The average Bonchev–Trinajstić information content (AvgIpc) is 3.09. The molecule has 1 aliphatic rings. The topological polar surface area (TPSA) is 87.6 Å². The van der Waals surface area contributed by atoms with E-state index in [0.29, 0.717) is 23.5 Å². The molecule has 0 radical (unpaired) electrons. The van der Waals surface area contributed by atoms with Gasteiger partial charge in [0.2, 0.25) is 11.8 Å². The van der Waals surface area contributed by atoms with Crippen LogP contribution in [0.5, 0.6) is 0 Å². The Balaban J connectivity index is 1.53. The van der Waals surface area contributed by atoms with Crippen LogP contribution in [0.4, 0.5) is 5.69 Å². The van der Waals surface area contributed by atoms with Crippen LogP contribution < -0.4 is 5.32 Å². The summed E-state index contributed by atoms with van der Waals surface area (Å²) in [6.07, 6.45) is 5.93. The third kappa shape index (κ3) is 3.37. The molecule has 0 aromatic carbocycles. The zero-order chi connectivity index (χ0) is 14.7. The van der Waals surface area contributed by atoms with Gasteiger partial charge in [0.15, 0.2) is 0 Å². The summed E-state index contributed by atoms with van der Waals surface area (Å²) >= 11 is 0. The lowest BCUT2D eigenvalue weighted by molar-refractivity contribution is 0.416. The van der Waals surface area contributed by atoms with Crippen molar-refractivity contribution < 1.29 is 4.42 Å². The summed E-state index contributed by atoms with van der Waals surface area (Å²) in [5.74, 6) is 1.94. The highest BCUT2D eigenvalue weighted by Crippen LogP contribution is 2.30. The first kappa shape index (κ1) is 13.6. The molecular formula is C15H17N5O. The summed E-state index contributed by atoms with van der Waals surface area (Å²) in [5.41, 5.74) is 1.41. The standard InChI is InChI=1S/C15H17N5O/c1-10-19-20-15(21-10)7-11-2-3-12(6-11)18-14-5-4-13(8-16)17-9-14/h4-5,9,11-12,18H,2-3,6-7H2,1H3/t11-,12+/m1/s1. The molecule has 2 heterocycles. The number of rotatable bonds is 4. The van der Waals surface area contributed by atoms with Crippen LogP contribution in [0.15, 0.2) is 22.7 Å². The van der Waals surface area contributed by atoms with Crippen LogP contribution in [0.25, 0.3) is 0 Å². The minimum Gasteiger partial charge on any atom is -0.426 e. The maximum atomic E-state index is 8.74. The largest absolute Gasteiger partial charge is 0.426 e. The van der Waals surface area contributed by atoms with Crippen LogP contribution in [0.3, 0.4) is 0 Å². The highest BCUT2D eigenvalue weighted by molar-refractivity contribution is 5.43. The van der Waals surface area contributed by atoms with Gasteiger partial charge in [0.1, 0.15) is 11.8 Å². The summed E-state index contributed by atoms with van der Waals surface area (Å²) in [7, 11) is 0. The first-order chi connectivity index (χ1) is 10.2. The Morgan fingerprint density at radius 3 is 2.95 bits per heavy atom. The van der Waals surface area contributed by atoms with Gasteiger partial charge in [0.25, 0.3) is 0 Å². The fourth-order valence-electron chi connectivity index (χ4n) is 2.84. The molecule has 2 atom stereocenters. The zero-order valence-corrected chi connectivity index (χ0v) is 11.9. The number of hydrogen-bond donors (Lipinski definition) is 1. The second kappa shape index (κ2) is 5.92. The molecule has 0 spiro atoms. The van der Waals surface area contributed by atoms with Gasteiger partial charge in [-0.3, -0.25) is 0 Å². The third-order valence-electron chi connectivity index (χ3n) is 3.82. The van der Waals surface area contributed by atoms with Crippen LogP contribution in [0.2, 0.25) is 0 Å². The fourth-order valence-corrected chi connectivity index (χ4v) is 2.84. The molecule has 2 aromatic rings. The molecule has 108 valence electrons. The Morgan fingerprint density at radius 1 is 1.38 bits per heavy atom. The summed E-state index contributed by atoms with van der Waals surface area (Å²) in [4.78, 5) is 4.07. The van der Waals surface area contributed by atoms with Gasteiger partial charge in [-0.25, -0.2) is 4.98 Å². The Morgan fingerprint density at radius 2 is 2.29 bits per heavy atom. The predicted octanol–water partition coefficient (Wildman–Crippen LogP) is 2.47. The molecule has 6 nitrogen and oxygen atoms in total. The van der Waals surface area contributed by atoms with E-state index in [-0.39, 0.29) is 0 Å².